The number of hydrogen-bond acceptors (Lipinski definition) is 5. The molecule has 1 heterocycles. The van der Waals surface area contributed by atoms with E-state index in [0.717, 1.165) is 24.1 Å². The van der Waals surface area contributed by atoms with E-state index in [9.17, 15) is 13.2 Å². The Kier molecular flexibility index (Phi) is 7.30. The topological polar surface area (TPSA) is 102 Å². The molecule has 3 aromatic rings. The second kappa shape index (κ2) is 10.1. The molecule has 1 amide bonds. The van der Waals surface area contributed by atoms with Gasteiger partial charge in [-0.05, 0) is 61.7 Å². The third kappa shape index (κ3) is 6.58. The lowest BCUT2D eigenvalue weighted by Gasteiger charge is -2.12. The molecule has 3 rings (SSSR count). The third-order valence-corrected chi connectivity index (χ3v) is 6.00. The second-order valence-electron chi connectivity index (χ2n) is 7.19. The predicted molar refractivity (Wildman–Crippen MR) is 119 cm³/mol. The summed E-state index contributed by atoms with van der Waals surface area (Å²) in [5, 5.41) is 2.78. The Morgan fingerprint density at radius 3 is 2.61 bits per heavy atom. The van der Waals surface area contributed by atoms with Crippen molar-refractivity contribution in [3.05, 3.63) is 72.3 Å². The van der Waals surface area contributed by atoms with Crippen molar-refractivity contribution in [2.45, 2.75) is 31.7 Å². The van der Waals surface area contributed by atoms with Gasteiger partial charge >= 0.3 is 0 Å². The third-order valence-electron chi connectivity index (χ3n) is 4.62. The van der Waals surface area contributed by atoms with Gasteiger partial charge in [0, 0.05) is 25.5 Å². The Hall–Kier alpha value is -3.33. The highest BCUT2D eigenvalue weighted by molar-refractivity contribution is 7.92. The minimum Gasteiger partial charge on any atom is -0.484 e. The first kappa shape index (κ1) is 22.4. The van der Waals surface area contributed by atoms with Gasteiger partial charge in [0.15, 0.2) is 6.61 Å². The summed E-state index contributed by atoms with van der Waals surface area (Å²) in [6.07, 6.45) is 6.09. The lowest BCUT2D eigenvalue weighted by Crippen LogP contribution is -2.30. The molecule has 8 nitrogen and oxygen atoms in total. The van der Waals surface area contributed by atoms with Crippen molar-refractivity contribution in [1.82, 2.24) is 14.9 Å². The molecule has 164 valence electrons. The standard InChI is InChI=1S/C22H26N4O4S/c1-17-4-5-18(2)21(14-17)25-31(28,29)20-8-6-19(7-9-20)30-15-22(27)24-10-3-12-26-13-11-23-16-26/h4-9,11,13-14,16,25H,3,10,12,15H2,1-2H3,(H,24,27). The molecular weight excluding hydrogens is 416 g/mol. The van der Waals surface area contributed by atoms with Gasteiger partial charge in [-0.15, -0.1) is 0 Å². The lowest BCUT2D eigenvalue weighted by molar-refractivity contribution is -0.123. The summed E-state index contributed by atoms with van der Waals surface area (Å²) in [4.78, 5) is 16.0. The quantitative estimate of drug-likeness (QED) is 0.470. The van der Waals surface area contributed by atoms with E-state index in [4.69, 9.17) is 4.74 Å². The van der Waals surface area contributed by atoms with Crippen molar-refractivity contribution < 1.29 is 17.9 Å². The van der Waals surface area contributed by atoms with Crippen LogP contribution in [-0.4, -0.2) is 37.0 Å². The zero-order valence-electron chi connectivity index (χ0n) is 17.5. The van der Waals surface area contributed by atoms with Crippen molar-refractivity contribution in [3.8, 4) is 5.75 Å². The maximum absolute atomic E-state index is 12.7. The molecule has 0 fully saturated rings. The number of aromatic nitrogens is 2. The van der Waals surface area contributed by atoms with Gasteiger partial charge in [0.05, 0.1) is 16.9 Å². The number of nitrogens with zero attached hydrogens (tertiary/aromatic N) is 2. The van der Waals surface area contributed by atoms with Crippen LogP contribution in [0, 0.1) is 13.8 Å². The smallest absolute Gasteiger partial charge is 0.261 e. The number of anilines is 1. The highest BCUT2D eigenvalue weighted by atomic mass is 32.2. The molecule has 0 aliphatic rings. The molecule has 0 unspecified atom stereocenters. The normalized spacial score (nSPS) is 11.2. The average molecular weight is 443 g/mol. The van der Waals surface area contributed by atoms with Gasteiger partial charge < -0.3 is 14.6 Å². The van der Waals surface area contributed by atoms with Crippen LogP contribution in [0.4, 0.5) is 5.69 Å². The van der Waals surface area contributed by atoms with Crippen LogP contribution in [0.25, 0.3) is 0 Å². The van der Waals surface area contributed by atoms with Gasteiger partial charge in [-0.25, -0.2) is 13.4 Å². The van der Waals surface area contributed by atoms with E-state index in [1.165, 1.54) is 24.3 Å². The second-order valence-corrected chi connectivity index (χ2v) is 8.87. The van der Waals surface area contributed by atoms with E-state index in [1.54, 1.807) is 18.6 Å². The molecule has 0 radical (unpaired) electrons. The Balaban J connectivity index is 1.47. The number of benzene rings is 2. The monoisotopic (exact) mass is 442 g/mol. The van der Waals surface area contributed by atoms with Gasteiger partial charge in [0.2, 0.25) is 0 Å². The Morgan fingerprint density at radius 2 is 1.90 bits per heavy atom. The van der Waals surface area contributed by atoms with E-state index in [1.807, 2.05) is 36.7 Å². The van der Waals surface area contributed by atoms with Crippen LogP contribution < -0.4 is 14.8 Å². The molecule has 0 atom stereocenters. The molecule has 0 aliphatic carbocycles. The number of sulfonamides is 1. The molecule has 1 aromatic heterocycles. The van der Waals surface area contributed by atoms with Gasteiger partial charge in [0.1, 0.15) is 5.75 Å². The maximum atomic E-state index is 12.7. The molecule has 9 heteroatoms. The summed E-state index contributed by atoms with van der Waals surface area (Å²) in [7, 11) is -3.73. The van der Waals surface area contributed by atoms with Crippen LogP contribution in [0.3, 0.4) is 0 Å². The maximum Gasteiger partial charge on any atom is 0.261 e. The van der Waals surface area contributed by atoms with Gasteiger partial charge in [-0.2, -0.15) is 0 Å². The number of hydrogen-bond donors (Lipinski definition) is 2. The zero-order chi connectivity index (χ0) is 22.3. The summed E-state index contributed by atoms with van der Waals surface area (Å²) in [5.74, 6) is 0.179. The minimum atomic E-state index is -3.73. The SMILES string of the molecule is Cc1ccc(C)c(NS(=O)(=O)c2ccc(OCC(=O)NCCCn3ccnc3)cc2)c1. The van der Waals surface area contributed by atoms with E-state index in [0.29, 0.717) is 18.0 Å². The van der Waals surface area contributed by atoms with Crippen LogP contribution in [0.15, 0.2) is 66.1 Å². The molecule has 0 aliphatic heterocycles. The predicted octanol–water partition coefficient (Wildman–Crippen LogP) is 2.89. The average Bonchev–Trinajstić information content (AvgIpc) is 3.26. The number of rotatable bonds is 10. The molecule has 0 saturated heterocycles. The first-order valence-electron chi connectivity index (χ1n) is 9.89. The van der Waals surface area contributed by atoms with Gasteiger partial charge in [-0.3, -0.25) is 9.52 Å². The summed E-state index contributed by atoms with van der Waals surface area (Å²) in [6, 6.07) is 11.5. The highest BCUT2D eigenvalue weighted by Crippen LogP contribution is 2.22. The fourth-order valence-corrected chi connectivity index (χ4v) is 3.99. The number of imidazole rings is 1. The number of nitrogens with one attached hydrogen (secondary N) is 2. The molecule has 0 saturated carbocycles. The number of carbonyl (C=O) groups excluding carboxylic acids is 1. The van der Waals surface area contributed by atoms with Crippen molar-refractivity contribution in [2.24, 2.45) is 0 Å². The van der Waals surface area contributed by atoms with Crippen LogP contribution in [0.5, 0.6) is 5.75 Å². The fraction of sp³-hybridized carbons (Fsp3) is 0.273. The Morgan fingerprint density at radius 1 is 1.13 bits per heavy atom. The molecule has 2 N–H and O–H groups in total. The summed E-state index contributed by atoms with van der Waals surface area (Å²) < 4.78 is 35.3. The molecule has 31 heavy (non-hydrogen) atoms. The van der Waals surface area contributed by atoms with E-state index in [2.05, 4.69) is 15.0 Å². The Labute approximate surface area is 182 Å². The number of amides is 1. The number of carbonyl (C=O) groups is 1. The van der Waals surface area contributed by atoms with E-state index >= 15 is 0 Å². The fourth-order valence-electron chi connectivity index (χ4n) is 2.87. The van der Waals surface area contributed by atoms with Crippen molar-refractivity contribution in [2.75, 3.05) is 17.9 Å². The van der Waals surface area contributed by atoms with Crippen LogP contribution >= 0.6 is 0 Å². The van der Waals surface area contributed by atoms with Crippen molar-refractivity contribution >= 4 is 21.6 Å². The summed E-state index contributed by atoms with van der Waals surface area (Å²) in [5.41, 5.74) is 2.35. The zero-order valence-corrected chi connectivity index (χ0v) is 18.4. The van der Waals surface area contributed by atoms with Crippen LogP contribution in [0.2, 0.25) is 0 Å². The van der Waals surface area contributed by atoms with Gasteiger partial charge in [0.25, 0.3) is 15.9 Å². The lowest BCUT2D eigenvalue weighted by atomic mass is 10.1. The largest absolute Gasteiger partial charge is 0.484 e. The Bertz CT molecular complexity index is 1110. The molecule has 2 aromatic carbocycles. The summed E-state index contributed by atoms with van der Waals surface area (Å²) >= 11 is 0. The van der Waals surface area contributed by atoms with Crippen LogP contribution in [0.1, 0.15) is 17.5 Å². The summed E-state index contributed by atoms with van der Waals surface area (Å²) in [6.45, 7) is 4.91. The van der Waals surface area contributed by atoms with Crippen LogP contribution in [-0.2, 0) is 21.4 Å². The number of ether oxygens (including phenoxy) is 1. The molecular formula is C22H26N4O4S. The minimum absolute atomic E-state index is 0.115. The molecule has 0 spiro atoms. The first-order valence-corrected chi connectivity index (χ1v) is 11.4. The highest BCUT2D eigenvalue weighted by Gasteiger charge is 2.15. The van der Waals surface area contributed by atoms with E-state index in [-0.39, 0.29) is 17.4 Å². The van der Waals surface area contributed by atoms with Gasteiger partial charge in [-0.1, -0.05) is 12.1 Å². The molecule has 0 bridgehead atoms. The van der Waals surface area contributed by atoms with Crippen molar-refractivity contribution in [1.29, 1.82) is 0 Å². The number of aryl methyl sites for hydroxylation is 3. The van der Waals surface area contributed by atoms with E-state index < -0.39 is 10.0 Å². The van der Waals surface area contributed by atoms with Crippen molar-refractivity contribution in [3.63, 3.8) is 0 Å². The first-order chi connectivity index (χ1) is 14.8.